The number of rotatable bonds is 3. The van der Waals surface area contributed by atoms with Gasteiger partial charge in [0.2, 0.25) is 0 Å². The Morgan fingerprint density at radius 1 is 1.16 bits per heavy atom. The van der Waals surface area contributed by atoms with Crippen molar-refractivity contribution in [1.82, 2.24) is 10.2 Å². The van der Waals surface area contributed by atoms with Crippen molar-refractivity contribution in [2.24, 2.45) is 0 Å². The second-order valence-electron chi connectivity index (χ2n) is 5.98. The molecule has 3 heteroatoms. The summed E-state index contributed by atoms with van der Waals surface area (Å²) in [4.78, 5) is 14.5. The van der Waals surface area contributed by atoms with Crippen molar-refractivity contribution >= 4 is 5.91 Å². The second kappa shape index (κ2) is 5.74. The number of hydrogen-bond acceptors (Lipinski definition) is 2. The summed E-state index contributed by atoms with van der Waals surface area (Å²) in [5.74, 6) is 0.0659. The number of aryl methyl sites for hydroxylation is 2. The van der Waals surface area contributed by atoms with Gasteiger partial charge in [0.25, 0.3) is 5.91 Å². The molecule has 1 aromatic rings. The zero-order valence-electron chi connectivity index (χ0n) is 12.4. The first-order valence-corrected chi connectivity index (χ1v) is 7.01. The van der Waals surface area contributed by atoms with Gasteiger partial charge in [-0.1, -0.05) is 17.2 Å². The van der Waals surface area contributed by atoms with Crippen LogP contribution in [0.3, 0.4) is 0 Å². The molecule has 2 unspecified atom stereocenters. The van der Waals surface area contributed by atoms with Gasteiger partial charge < -0.3 is 10.2 Å². The molecule has 0 heterocycles. The highest BCUT2D eigenvalue weighted by atomic mass is 16.1. The molecular formula is C16H24N2O. The van der Waals surface area contributed by atoms with E-state index < -0.39 is 0 Å². The van der Waals surface area contributed by atoms with Gasteiger partial charge in [-0.05, 0) is 59.3 Å². The van der Waals surface area contributed by atoms with Crippen LogP contribution in [0.5, 0.6) is 0 Å². The Morgan fingerprint density at radius 3 is 2.32 bits per heavy atom. The first-order chi connectivity index (χ1) is 8.95. The van der Waals surface area contributed by atoms with E-state index in [1.807, 2.05) is 26.0 Å². The van der Waals surface area contributed by atoms with Crippen LogP contribution in [0, 0.1) is 13.8 Å². The zero-order valence-corrected chi connectivity index (χ0v) is 12.4. The SMILES string of the molecule is Cc1cc(C)cc(C(=O)NC2CCC(N(C)C)C2)c1. The third-order valence-electron chi connectivity index (χ3n) is 3.95. The summed E-state index contributed by atoms with van der Waals surface area (Å²) < 4.78 is 0. The van der Waals surface area contributed by atoms with Crippen molar-refractivity contribution in [3.8, 4) is 0 Å². The summed E-state index contributed by atoms with van der Waals surface area (Å²) in [6, 6.07) is 6.93. The van der Waals surface area contributed by atoms with Gasteiger partial charge in [0.15, 0.2) is 0 Å². The maximum absolute atomic E-state index is 12.3. The average Bonchev–Trinajstić information content (AvgIpc) is 2.76. The maximum atomic E-state index is 12.3. The lowest BCUT2D eigenvalue weighted by Gasteiger charge is -2.19. The van der Waals surface area contributed by atoms with Crippen LogP contribution < -0.4 is 5.32 Å². The lowest BCUT2D eigenvalue weighted by atomic mass is 10.1. The van der Waals surface area contributed by atoms with Gasteiger partial charge in [-0.15, -0.1) is 0 Å². The molecule has 0 aliphatic heterocycles. The Bertz CT molecular complexity index is 448. The molecule has 1 amide bonds. The maximum Gasteiger partial charge on any atom is 0.251 e. The van der Waals surface area contributed by atoms with E-state index >= 15 is 0 Å². The Kier molecular flexibility index (Phi) is 4.25. The van der Waals surface area contributed by atoms with Crippen LogP contribution in [0.25, 0.3) is 0 Å². The van der Waals surface area contributed by atoms with Crippen LogP contribution in [0.2, 0.25) is 0 Å². The summed E-state index contributed by atoms with van der Waals surface area (Å²) in [7, 11) is 4.22. The number of amides is 1. The summed E-state index contributed by atoms with van der Waals surface area (Å²) >= 11 is 0. The number of benzene rings is 1. The molecule has 2 atom stereocenters. The van der Waals surface area contributed by atoms with Gasteiger partial charge in [0.1, 0.15) is 0 Å². The molecular weight excluding hydrogens is 236 g/mol. The fraction of sp³-hybridized carbons (Fsp3) is 0.562. The van der Waals surface area contributed by atoms with Crippen molar-refractivity contribution in [2.75, 3.05) is 14.1 Å². The van der Waals surface area contributed by atoms with Crippen molar-refractivity contribution in [3.63, 3.8) is 0 Å². The molecule has 1 aliphatic carbocycles. The molecule has 0 bridgehead atoms. The molecule has 0 radical (unpaired) electrons. The van der Waals surface area contributed by atoms with E-state index in [-0.39, 0.29) is 5.91 Å². The molecule has 0 aromatic heterocycles. The second-order valence-corrected chi connectivity index (χ2v) is 5.98. The van der Waals surface area contributed by atoms with Crippen molar-refractivity contribution in [2.45, 2.75) is 45.2 Å². The molecule has 104 valence electrons. The summed E-state index contributed by atoms with van der Waals surface area (Å²) in [6.07, 6.45) is 3.31. The Balaban J connectivity index is 1.98. The van der Waals surface area contributed by atoms with E-state index in [1.165, 1.54) is 6.42 Å². The molecule has 1 saturated carbocycles. The molecule has 1 fully saturated rings. The minimum atomic E-state index is 0.0659. The number of hydrogen-bond donors (Lipinski definition) is 1. The predicted octanol–water partition coefficient (Wildman–Crippen LogP) is 2.52. The van der Waals surface area contributed by atoms with Gasteiger partial charge in [0.05, 0.1) is 0 Å². The first kappa shape index (κ1) is 14.1. The highest BCUT2D eigenvalue weighted by Gasteiger charge is 2.27. The smallest absolute Gasteiger partial charge is 0.251 e. The van der Waals surface area contributed by atoms with Crippen molar-refractivity contribution in [3.05, 3.63) is 34.9 Å². The van der Waals surface area contributed by atoms with E-state index in [9.17, 15) is 4.79 Å². The molecule has 0 spiro atoms. The third-order valence-corrected chi connectivity index (χ3v) is 3.95. The lowest BCUT2D eigenvalue weighted by molar-refractivity contribution is 0.0936. The van der Waals surface area contributed by atoms with E-state index in [2.05, 4.69) is 30.4 Å². The molecule has 3 nitrogen and oxygen atoms in total. The van der Waals surface area contributed by atoms with E-state index in [0.717, 1.165) is 29.5 Å². The highest BCUT2D eigenvalue weighted by Crippen LogP contribution is 2.22. The Labute approximate surface area is 116 Å². The molecule has 2 rings (SSSR count). The molecule has 1 aliphatic rings. The van der Waals surface area contributed by atoms with Gasteiger partial charge in [0, 0.05) is 17.6 Å². The summed E-state index contributed by atoms with van der Waals surface area (Å²) in [5, 5.41) is 3.17. The lowest BCUT2D eigenvalue weighted by Crippen LogP contribution is -2.35. The fourth-order valence-electron chi connectivity index (χ4n) is 2.93. The fourth-order valence-corrected chi connectivity index (χ4v) is 2.93. The van der Waals surface area contributed by atoms with Crippen LogP contribution in [0.4, 0.5) is 0 Å². The monoisotopic (exact) mass is 260 g/mol. The van der Waals surface area contributed by atoms with Gasteiger partial charge in [-0.2, -0.15) is 0 Å². The largest absolute Gasteiger partial charge is 0.349 e. The van der Waals surface area contributed by atoms with Crippen LogP contribution in [-0.2, 0) is 0 Å². The van der Waals surface area contributed by atoms with Crippen LogP contribution in [0.15, 0.2) is 18.2 Å². The van der Waals surface area contributed by atoms with Crippen LogP contribution >= 0.6 is 0 Å². The summed E-state index contributed by atoms with van der Waals surface area (Å²) in [5.41, 5.74) is 3.07. The van der Waals surface area contributed by atoms with Gasteiger partial charge in [-0.3, -0.25) is 4.79 Å². The quantitative estimate of drug-likeness (QED) is 0.905. The summed E-state index contributed by atoms with van der Waals surface area (Å²) in [6.45, 7) is 4.06. The number of carbonyl (C=O) groups excluding carboxylic acids is 1. The molecule has 0 saturated heterocycles. The number of nitrogens with one attached hydrogen (secondary N) is 1. The van der Waals surface area contributed by atoms with Gasteiger partial charge in [-0.25, -0.2) is 0 Å². The minimum absolute atomic E-state index is 0.0659. The van der Waals surface area contributed by atoms with E-state index in [4.69, 9.17) is 0 Å². The van der Waals surface area contributed by atoms with Crippen molar-refractivity contribution < 1.29 is 4.79 Å². The Morgan fingerprint density at radius 2 is 1.79 bits per heavy atom. The normalized spacial score (nSPS) is 22.8. The van der Waals surface area contributed by atoms with E-state index in [1.54, 1.807) is 0 Å². The number of carbonyl (C=O) groups is 1. The Hall–Kier alpha value is -1.35. The van der Waals surface area contributed by atoms with Crippen LogP contribution in [-0.4, -0.2) is 37.0 Å². The third kappa shape index (κ3) is 3.57. The minimum Gasteiger partial charge on any atom is -0.349 e. The van der Waals surface area contributed by atoms with Crippen molar-refractivity contribution in [1.29, 1.82) is 0 Å². The molecule has 19 heavy (non-hydrogen) atoms. The molecule has 1 aromatic carbocycles. The topological polar surface area (TPSA) is 32.3 Å². The van der Waals surface area contributed by atoms with E-state index in [0.29, 0.717) is 12.1 Å². The average molecular weight is 260 g/mol. The van der Waals surface area contributed by atoms with Crippen LogP contribution in [0.1, 0.15) is 40.7 Å². The number of nitrogens with zero attached hydrogens (tertiary/aromatic N) is 1. The highest BCUT2D eigenvalue weighted by molar-refractivity contribution is 5.94. The van der Waals surface area contributed by atoms with Gasteiger partial charge >= 0.3 is 0 Å². The zero-order chi connectivity index (χ0) is 14.0. The molecule has 1 N–H and O–H groups in total. The first-order valence-electron chi connectivity index (χ1n) is 7.01. The standard InChI is InChI=1S/C16H24N2O/c1-11-7-12(2)9-13(8-11)16(19)17-14-5-6-15(10-14)18(3)4/h7-9,14-15H,5-6,10H2,1-4H3,(H,17,19). The predicted molar refractivity (Wildman–Crippen MR) is 78.5 cm³/mol.